The van der Waals surface area contributed by atoms with Gasteiger partial charge in [-0.2, -0.15) is 0 Å². The lowest BCUT2D eigenvalue weighted by molar-refractivity contribution is -0.163. The fourth-order valence-electron chi connectivity index (χ4n) is 5.83. The third kappa shape index (κ3) is 3.87. The van der Waals surface area contributed by atoms with Gasteiger partial charge in [-0.25, -0.2) is 9.78 Å². The molecule has 1 amide bonds. The lowest BCUT2D eigenvalue weighted by Crippen LogP contribution is -2.63. The average Bonchev–Trinajstić information content (AvgIpc) is 3.54. The molecule has 6 rings (SSSR count). The van der Waals surface area contributed by atoms with Crippen LogP contribution in [0.5, 0.6) is 0 Å². The molecule has 3 aliphatic heterocycles. The Hall–Kier alpha value is -3.45. The van der Waals surface area contributed by atoms with Crippen LogP contribution in [0.4, 0.5) is 0 Å². The molecule has 0 bridgehead atoms. The number of aromatic nitrogens is 3. The minimum atomic E-state index is -1.19. The van der Waals surface area contributed by atoms with Crippen LogP contribution in [0, 0.1) is 11.8 Å². The highest BCUT2D eigenvalue weighted by atomic mass is 32.1. The number of morpholine rings is 1. The van der Waals surface area contributed by atoms with Crippen LogP contribution in [0.25, 0.3) is 10.4 Å². The van der Waals surface area contributed by atoms with Crippen molar-refractivity contribution in [1.82, 2.24) is 24.2 Å². The molecule has 0 radical (unpaired) electrons. The van der Waals surface area contributed by atoms with Crippen molar-refractivity contribution in [3.05, 3.63) is 58.4 Å². The highest BCUT2D eigenvalue weighted by molar-refractivity contribution is 7.18. The number of aliphatic hydroxyl groups excluding tert-OH is 1. The van der Waals surface area contributed by atoms with Crippen molar-refractivity contribution in [3.8, 4) is 0 Å². The molecule has 0 saturated carbocycles. The molecular formula is C26H27N5O6S. The Labute approximate surface area is 222 Å². The number of aliphatic carboxylic acids is 1. The number of ether oxygens (including phenoxy) is 1. The lowest BCUT2D eigenvalue weighted by Gasteiger charge is -2.46. The maximum Gasteiger partial charge on any atom is 0.352 e. The van der Waals surface area contributed by atoms with Crippen molar-refractivity contribution in [1.29, 1.82) is 0 Å². The lowest BCUT2D eigenvalue weighted by atomic mass is 9.77. The summed E-state index contributed by atoms with van der Waals surface area (Å²) in [6, 6.07) is 1.42. The number of nitrogens with zero attached hydrogens (tertiary/aromatic N) is 5. The molecule has 12 heteroatoms. The van der Waals surface area contributed by atoms with E-state index in [0.717, 1.165) is 18.7 Å². The number of rotatable bonds is 7. The Morgan fingerprint density at radius 3 is 2.74 bits per heavy atom. The summed E-state index contributed by atoms with van der Waals surface area (Å²) >= 11 is 1.27. The molecule has 0 spiro atoms. The monoisotopic (exact) mass is 537 g/mol. The minimum Gasteiger partial charge on any atom is -0.477 e. The van der Waals surface area contributed by atoms with Gasteiger partial charge in [0.05, 0.1) is 36.2 Å². The molecule has 0 aromatic carbocycles. The Morgan fingerprint density at radius 1 is 1.26 bits per heavy atom. The molecule has 4 atom stereocenters. The fraction of sp³-hybridized carbons (Fsp3) is 0.423. The third-order valence-electron chi connectivity index (χ3n) is 7.63. The van der Waals surface area contributed by atoms with Crippen LogP contribution in [0.15, 0.2) is 36.7 Å². The number of ketones is 1. The first-order valence-electron chi connectivity index (χ1n) is 12.5. The van der Waals surface area contributed by atoms with Crippen molar-refractivity contribution in [2.75, 3.05) is 26.3 Å². The molecule has 6 heterocycles. The van der Waals surface area contributed by atoms with E-state index in [1.54, 1.807) is 23.7 Å². The van der Waals surface area contributed by atoms with Crippen LogP contribution < -0.4 is 0 Å². The molecule has 3 aliphatic rings. The van der Waals surface area contributed by atoms with E-state index in [0.29, 0.717) is 40.6 Å². The van der Waals surface area contributed by atoms with Gasteiger partial charge in [0.2, 0.25) is 11.7 Å². The molecule has 2 N–H and O–H groups in total. The molecule has 0 unspecified atom stereocenters. The number of aliphatic hydroxyl groups is 1. The van der Waals surface area contributed by atoms with E-state index in [2.05, 4.69) is 14.9 Å². The molecule has 2 saturated heterocycles. The molecular weight excluding hydrogens is 510 g/mol. The van der Waals surface area contributed by atoms with Gasteiger partial charge >= 0.3 is 5.97 Å². The fourth-order valence-corrected chi connectivity index (χ4v) is 7.04. The predicted octanol–water partition coefficient (Wildman–Crippen LogP) is 1.51. The average molecular weight is 538 g/mol. The zero-order chi connectivity index (χ0) is 26.7. The van der Waals surface area contributed by atoms with Crippen LogP contribution in [0.1, 0.15) is 40.3 Å². The first kappa shape index (κ1) is 24.9. The number of fused-ring (bicyclic) bond motifs is 2. The Morgan fingerprint density at radius 2 is 2.03 bits per heavy atom. The number of carboxylic acid groups (broad SMARTS) is 1. The van der Waals surface area contributed by atoms with Crippen molar-refractivity contribution in [2.45, 2.75) is 32.5 Å². The molecule has 198 valence electrons. The SMILES string of the molecule is C[C@@H](O)[C@H]1C(=O)N2C(C(=O)O)=C(c3cn4cnc(C(=O)c5cncc(CN6CCOCC6)c5)c4s3)[C@H](C)[C@H]12. The maximum absolute atomic E-state index is 13.5. The van der Waals surface area contributed by atoms with Crippen LogP contribution in [-0.4, -0.2) is 90.5 Å². The van der Waals surface area contributed by atoms with Gasteiger partial charge in [-0.05, 0) is 18.6 Å². The Kier molecular flexibility index (Phi) is 6.14. The summed E-state index contributed by atoms with van der Waals surface area (Å²) in [5.41, 5.74) is 2.09. The van der Waals surface area contributed by atoms with Gasteiger partial charge in [-0.3, -0.25) is 23.9 Å². The number of imidazole rings is 1. The van der Waals surface area contributed by atoms with Gasteiger partial charge in [-0.15, -0.1) is 11.3 Å². The summed E-state index contributed by atoms with van der Waals surface area (Å²) in [6.07, 6.45) is 5.69. The second kappa shape index (κ2) is 9.38. The number of thiazole rings is 1. The number of amides is 1. The first-order chi connectivity index (χ1) is 18.3. The van der Waals surface area contributed by atoms with Crippen LogP contribution in [0.2, 0.25) is 0 Å². The highest BCUT2D eigenvalue weighted by Crippen LogP contribution is 2.51. The summed E-state index contributed by atoms with van der Waals surface area (Å²) in [4.78, 5) is 51.8. The first-order valence-corrected chi connectivity index (χ1v) is 13.3. The van der Waals surface area contributed by atoms with Crippen molar-refractivity contribution in [3.63, 3.8) is 0 Å². The Balaban J connectivity index is 1.32. The number of hydrogen-bond acceptors (Lipinski definition) is 9. The third-order valence-corrected chi connectivity index (χ3v) is 8.78. The number of carboxylic acids is 1. The van der Waals surface area contributed by atoms with Crippen LogP contribution in [0.3, 0.4) is 0 Å². The van der Waals surface area contributed by atoms with E-state index in [1.165, 1.54) is 28.8 Å². The second-order valence-corrected chi connectivity index (χ2v) is 11.1. The second-order valence-electron chi connectivity index (χ2n) is 10.0. The zero-order valence-corrected chi connectivity index (χ0v) is 21.7. The number of pyridine rings is 1. The van der Waals surface area contributed by atoms with Gasteiger partial charge in [0.25, 0.3) is 0 Å². The smallest absolute Gasteiger partial charge is 0.352 e. The van der Waals surface area contributed by atoms with Gasteiger partial charge in [0, 0.05) is 55.3 Å². The van der Waals surface area contributed by atoms with Crippen molar-refractivity contribution >= 4 is 39.4 Å². The number of β-lactam (4-membered cyclic amide) rings is 1. The molecule has 3 aromatic heterocycles. The predicted molar refractivity (Wildman–Crippen MR) is 136 cm³/mol. The highest BCUT2D eigenvalue weighted by Gasteiger charge is 2.60. The van der Waals surface area contributed by atoms with E-state index in [1.807, 2.05) is 13.0 Å². The van der Waals surface area contributed by atoms with Gasteiger partial charge < -0.3 is 19.8 Å². The zero-order valence-electron chi connectivity index (χ0n) is 20.9. The van der Waals surface area contributed by atoms with Gasteiger partial charge in [0.15, 0.2) is 0 Å². The summed E-state index contributed by atoms with van der Waals surface area (Å²) in [5.74, 6) is -2.78. The molecule has 2 fully saturated rings. The van der Waals surface area contributed by atoms with Crippen molar-refractivity contribution < 1.29 is 29.3 Å². The van der Waals surface area contributed by atoms with Crippen molar-refractivity contribution in [2.24, 2.45) is 11.8 Å². The maximum atomic E-state index is 13.5. The molecule has 0 aliphatic carbocycles. The quantitative estimate of drug-likeness (QED) is 0.339. The standard InChI is InChI=1S/C26H27N5O6S/c1-13-18(22(26(35)36)31-21(13)19(14(2)32)24(31)34)17-11-30-12-28-20(25(30)38-17)23(33)16-7-15(8-27-9-16)10-29-3-5-37-6-4-29/h7-9,11-14,19,21,32H,3-6,10H2,1-2H3,(H,35,36)/t13-,14+,19+,21+/m0/s1. The largest absolute Gasteiger partial charge is 0.477 e. The van der Waals surface area contributed by atoms with Crippen LogP contribution >= 0.6 is 11.3 Å². The summed E-state index contributed by atoms with van der Waals surface area (Å²) in [7, 11) is 0. The molecule has 3 aromatic rings. The Bertz CT molecular complexity index is 1490. The number of carbonyl (C=O) groups is 3. The van der Waals surface area contributed by atoms with E-state index >= 15 is 0 Å². The summed E-state index contributed by atoms with van der Waals surface area (Å²) < 4.78 is 7.11. The van der Waals surface area contributed by atoms with E-state index in [4.69, 9.17) is 4.74 Å². The molecule has 38 heavy (non-hydrogen) atoms. The van der Waals surface area contributed by atoms with Gasteiger partial charge in [-0.1, -0.05) is 6.92 Å². The summed E-state index contributed by atoms with van der Waals surface area (Å²) in [6.45, 7) is 7.12. The topological polar surface area (TPSA) is 138 Å². The summed E-state index contributed by atoms with van der Waals surface area (Å²) in [5, 5.41) is 20.1. The van der Waals surface area contributed by atoms with Gasteiger partial charge in [0.1, 0.15) is 22.5 Å². The minimum absolute atomic E-state index is 0.0604. The number of hydrogen-bond donors (Lipinski definition) is 2. The van der Waals surface area contributed by atoms with E-state index < -0.39 is 24.0 Å². The van der Waals surface area contributed by atoms with E-state index in [-0.39, 0.29) is 29.0 Å². The molecule has 11 nitrogen and oxygen atoms in total. The van der Waals surface area contributed by atoms with E-state index in [9.17, 15) is 24.6 Å². The normalized spacial score (nSPS) is 24.6. The van der Waals surface area contributed by atoms with Crippen LogP contribution in [-0.2, 0) is 20.9 Å². The number of carbonyl (C=O) groups excluding carboxylic acids is 2.